The fraction of sp³-hybridized carbons (Fsp3) is 0.220. The van der Waals surface area contributed by atoms with Crippen LogP contribution in [0.3, 0.4) is 0 Å². The van der Waals surface area contributed by atoms with E-state index in [9.17, 15) is 0 Å². The lowest BCUT2D eigenvalue weighted by molar-refractivity contribution is 0.591. The summed E-state index contributed by atoms with van der Waals surface area (Å²) in [6.45, 7) is 32.0. The van der Waals surface area contributed by atoms with E-state index in [2.05, 4.69) is 321 Å². The Hall–Kier alpha value is -9.52. The van der Waals surface area contributed by atoms with Gasteiger partial charge >= 0.3 is 0 Å². The summed E-state index contributed by atoms with van der Waals surface area (Å²) < 4.78 is 10.2. The molecule has 0 saturated carbocycles. The summed E-state index contributed by atoms with van der Waals surface area (Å²) in [6, 6.07) is 78.4. The molecule has 0 radical (unpaired) electrons. The van der Waals surface area contributed by atoms with Gasteiger partial charge in [-0.1, -0.05) is 204 Å². The molecule has 6 nitrogen and oxygen atoms in total. The molecular formula is C82H76N6. The summed E-state index contributed by atoms with van der Waals surface area (Å²) in [5, 5.41) is 9.47. The number of aryl methyl sites for hydroxylation is 2. The van der Waals surface area contributed by atoms with E-state index in [4.69, 9.17) is 9.97 Å². The van der Waals surface area contributed by atoms with Gasteiger partial charge in [-0.3, -0.25) is 14.1 Å². The van der Waals surface area contributed by atoms with E-state index in [1.54, 1.807) is 0 Å². The SMILES string of the molecule is Cc1cc(-c2ccccc2-c2c(-n3c4ccccc4c4cc(C(C)(C)C)ccc43)c(-n3c4ccccc4c4cc(C(C)(C)C)ccc43)nc(-n3c4ccccc4c4cc(C(C)(C)C)ccc43)c2-n2c3ccccc3c3cc(C(C)(C)C)ccc32)cc(C)n1. The monoisotopic (exact) mass is 1140 g/mol. The highest BCUT2D eigenvalue weighted by atomic mass is 15.2. The number of nitrogens with zero attached hydrogens (tertiary/aromatic N) is 6. The van der Waals surface area contributed by atoms with Crippen molar-refractivity contribution in [3.63, 3.8) is 0 Å². The molecule has 0 atom stereocenters. The molecule has 434 valence electrons. The Kier molecular flexibility index (Phi) is 12.2. The average Bonchev–Trinajstić information content (AvgIpc) is 1.48. The molecule has 0 N–H and O–H groups in total. The molecule has 0 saturated heterocycles. The molecule has 0 amide bonds. The largest absolute Gasteiger partial charge is 0.305 e. The highest BCUT2D eigenvalue weighted by Crippen LogP contribution is 2.52. The van der Waals surface area contributed by atoms with Crippen molar-refractivity contribution in [3.8, 4) is 45.3 Å². The Labute approximate surface area is 516 Å². The number of aromatic nitrogens is 6. The van der Waals surface area contributed by atoms with Crippen LogP contribution in [-0.2, 0) is 21.7 Å². The van der Waals surface area contributed by atoms with Gasteiger partial charge in [0, 0.05) is 60.0 Å². The first-order chi connectivity index (χ1) is 42.0. The van der Waals surface area contributed by atoms with E-state index in [0.29, 0.717) is 0 Å². The maximum atomic E-state index is 6.64. The molecule has 0 bridgehead atoms. The Morgan fingerprint density at radius 3 is 0.864 bits per heavy atom. The number of rotatable bonds is 6. The molecule has 9 aromatic carbocycles. The van der Waals surface area contributed by atoms with Crippen molar-refractivity contribution in [2.45, 2.75) is 119 Å². The van der Waals surface area contributed by atoms with E-state index in [-0.39, 0.29) is 21.7 Å². The normalized spacial score (nSPS) is 12.9. The molecule has 15 rings (SSSR count). The van der Waals surface area contributed by atoms with Gasteiger partial charge in [0.2, 0.25) is 0 Å². The molecule has 6 aromatic heterocycles. The fourth-order valence-electron chi connectivity index (χ4n) is 14.2. The van der Waals surface area contributed by atoms with Crippen LogP contribution >= 0.6 is 0 Å². The van der Waals surface area contributed by atoms with Crippen molar-refractivity contribution in [1.29, 1.82) is 0 Å². The number of para-hydroxylation sites is 4. The highest BCUT2D eigenvalue weighted by Gasteiger charge is 2.35. The van der Waals surface area contributed by atoms with Crippen molar-refractivity contribution in [2.75, 3.05) is 0 Å². The second-order valence-corrected chi connectivity index (χ2v) is 28.9. The van der Waals surface area contributed by atoms with Crippen LogP contribution < -0.4 is 0 Å². The molecule has 0 aliphatic carbocycles. The van der Waals surface area contributed by atoms with Crippen molar-refractivity contribution < 1.29 is 0 Å². The molecule has 88 heavy (non-hydrogen) atoms. The van der Waals surface area contributed by atoms with Crippen LogP contribution in [0.15, 0.2) is 206 Å². The third kappa shape index (κ3) is 8.57. The van der Waals surface area contributed by atoms with Gasteiger partial charge in [-0.2, -0.15) is 0 Å². The maximum absolute atomic E-state index is 6.64. The topological polar surface area (TPSA) is 45.5 Å². The first-order valence-corrected chi connectivity index (χ1v) is 31.3. The Balaban J connectivity index is 1.28. The minimum absolute atomic E-state index is 0.0929. The van der Waals surface area contributed by atoms with E-state index >= 15 is 0 Å². The quantitative estimate of drug-likeness (QED) is 0.167. The minimum atomic E-state index is -0.0991. The molecule has 6 heteroatoms. The smallest absolute Gasteiger partial charge is 0.165 e. The first-order valence-electron chi connectivity index (χ1n) is 31.3. The zero-order chi connectivity index (χ0) is 61.1. The fourth-order valence-corrected chi connectivity index (χ4v) is 14.2. The van der Waals surface area contributed by atoms with Crippen LogP contribution in [0.5, 0.6) is 0 Å². The predicted molar refractivity (Wildman–Crippen MR) is 375 cm³/mol. The maximum Gasteiger partial charge on any atom is 0.165 e. The van der Waals surface area contributed by atoms with Gasteiger partial charge in [0.15, 0.2) is 11.6 Å². The van der Waals surface area contributed by atoms with Gasteiger partial charge in [0.05, 0.1) is 44.1 Å². The summed E-state index contributed by atoms with van der Waals surface area (Å²) >= 11 is 0. The number of pyridine rings is 2. The van der Waals surface area contributed by atoms with E-state index in [1.807, 2.05) is 0 Å². The number of fused-ring (bicyclic) bond motifs is 12. The van der Waals surface area contributed by atoms with E-state index in [0.717, 1.165) is 101 Å². The predicted octanol–water partition coefficient (Wildman–Crippen LogP) is 22.0. The third-order valence-electron chi connectivity index (χ3n) is 18.7. The Morgan fingerprint density at radius 1 is 0.261 bits per heavy atom. The second-order valence-electron chi connectivity index (χ2n) is 28.9. The van der Waals surface area contributed by atoms with Gasteiger partial charge in [-0.15, -0.1) is 0 Å². The van der Waals surface area contributed by atoms with Crippen LogP contribution in [0.25, 0.3) is 132 Å². The van der Waals surface area contributed by atoms with Crippen molar-refractivity contribution in [1.82, 2.24) is 28.2 Å². The minimum Gasteiger partial charge on any atom is -0.305 e. The molecule has 0 unspecified atom stereocenters. The van der Waals surface area contributed by atoms with Crippen LogP contribution in [0.4, 0.5) is 0 Å². The van der Waals surface area contributed by atoms with Gasteiger partial charge in [-0.05, 0) is 159 Å². The summed E-state index contributed by atoms with van der Waals surface area (Å²) in [5.41, 5.74) is 21.7. The lowest BCUT2D eigenvalue weighted by atomic mass is 9.86. The zero-order valence-electron chi connectivity index (χ0n) is 53.3. The molecule has 0 fully saturated rings. The third-order valence-corrected chi connectivity index (χ3v) is 18.7. The highest BCUT2D eigenvalue weighted by molar-refractivity contribution is 6.16. The van der Waals surface area contributed by atoms with Crippen LogP contribution in [0.2, 0.25) is 0 Å². The van der Waals surface area contributed by atoms with Gasteiger partial charge in [0.25, 0.3) is 0 Å². The molecule has 0 aliphatic rings. The Morgan fingerprint density at radius 2 is 0.534 bits per heavy atom. The number of benzene rings is 9. The van der Waals surface area contributed by atoms with Crippen molar-refractivity contribution >= 4 is 87.2 Å². The molecular weight excluding hydrogens is 1070 g/mol. The van der Waals surface area contributed by atoms with Crippen LogP contribution in [-0.4, -0.2) is 28.2 Å². The number of hydrogen-bond donors (Lipinski definition) is 0. The van der Waals surface area contributed by atoms with Gasteiger partial charge in [0.1, 0.15) is 11.4 Å². The standard InChI is InChI=1S/C82H76N6/c1-49-43-51(44-50(2)83-49)56-25-15-16-30-61(56)74-75(85-66-31-21-17-26-57(66)62-45-52(79(3,4)5)35-39-70(62)85)77(87-68-33-23-19-28-59(68)64-47-54(81(9,10)11)37-41-72(64)87)84-78(88-69-34-24-20-29-60(69)65-48-55(82(12,13)14)38-42-73(65)88)76(74)86-67-32-22-18-27-58(67)63-46-53(80(6,7)8)36-40-71(63)86/h15-48H,1-14H3. The van der Waals surface area contributed by atoms with E-state index < -0.39 is 0 Å². The Bertz CT molecular complexity index is 5080. The van der Waals surface area contributed by atoms with Crippen LogP contribution in [0, 0.1) is 13.8 Å². The zero-order valence-corrected chi connectivity index (χ0v) is 53.3. The molecule has 15 aromatic rings. The molecule has 6 heterocycles. The van der Waals surface area contributed by atoms with Gasteiger partial charge < -0.3 is 9.13 Å². The summed E-state index contributed by atoms with van der Waals surface area (Å²) in [5.74, 6) is 1.63. The second kappa shape index (κ2) is 19.5. The van der Waals surface area contributed by atoms with Crippen molar-refractivity contribution in [3.05, 3.63) is 240 Å². The lowest BCUT2D eigenvalue weighted by Crippen LogP contribution is -2.16. The molecule has 0 aliphatic heterocycles. The van der Waals surface area contributed by atoms with Crippen LogP contribution in [0.1, 0.15) is 117 Å². The van der Waals surface area contributed by atoms with E-state index in [1.165, 1.54) is 65.3 Å². The summed E-state index contributed by atoms with van der Waals surface area (Å²) in [4.78, 5) is 11.6. The van der Waals surface area contributed by atoms with Crippen molar-refractivity contribution in [2.24, 2.45) is 0 Å². The van der Waals surface area contributed by atoms with Gasteiger partial charge in [-0.25, -0.2) is 4.98 Å². The summed E-state index contributed by atoms with van der Waals surface area (Å²) in [6.07, 6.45) is 0. The average molecular weight is 1150 g/mol. The lowest BCUT2D eigenvalue weighted by Gasteiger charge is -2.28. The number of hydrogen-bond acceptors (Lipinski definition) is 2. The summed E-state index contributed by atoms with van der Waals surface area (Å²) in [7, 11) is 0. The first kappa shape index (κ1) is 55.1. The molecule has 0 spiro atoms.